The summed E-state index contributed by atoms with van der Waals surface area (Å²) in [7, 11) is 3.71. The van der Waals surface area contributed by atoms with Gasteiger partial charge in [-0.15, -0.1) is 0 Å². The SMILES string of the molecule is CNC1CCCc2ccc(OCCOC)cc21. The number of benzene rings is 1. The van der Waals surface area contributed by atoms with Crippen molar-refractivity contribution < 1.29 is 9.47 Å². The van der Waals surface area contributed by atoms with Crippen molar-refractivity contribution in [1.29, 1.82) is 0 Å². The summed E-state index contributed by atoms with van der Waals surface area (Å²) in [6.45, 7) is 1.24. The molecule has 0 radical (unpaired) electrons. The van der Waals surface area contributed by atoms with Crippen LogP contribution in [0.1, 0.15) is 30.0 Å². The van der Waals surface area contributed by atoms with Crippen molar-refractivity contribution >= 4 is 0 Å². The summed E-state index contributed by atoms with van der Waals surface area (Å²) >= 11 is 0. The van der Waals surface area contributed by atoms with Gasteiger partial charge in [-0.1, -0.05) is 6.07 Å². The molecule has 1 aromatic carbocycles. The van der Waals surface area contributed by atoms with Crippen molar-refractivity contribution in [1.82, 2.24) is 5.32 Å². The van der Waals surface area contributed by atoms with E-state index < -0.39 is 0 Å². The number of ether oxygens (including phenoxy) is 2. The number of methoxy groups -OCH3 is 1. The van der Waals surface area contributed by atoms with E-state index in [0.717, 1.165) is 5.75 Å². The van der Waals surface area contributed by atoms with Gasteiger partial charge in [-0.2, -0.15) is 0 Å². The molecule has 1 aliphatic carbocycles. The highest BCUT2D eigenvalue weighted by atomic mass is 16.5. The van der Waals surface area contributed by atoms with E-state index in [1.807, 2.05) is 7.05 Å². The van der Waals surface area contributed by atoms with Gasteiger partial charge in [-0.25, -0.2) is 0 Å². The minimum Gasteiger partial charge on any atom is -0.491 e. The fourth-order valence-corrected chi connectivity index (χ4v) is 2.41. The number of hydrogen-bond acceptors (Lipinski definition) is 3. The Kier molecular flexibility index (Phi) is 4.40. The molecule has 2 rings (SSSR count). The molecule has 0 heterocycles. The zero-order valence-electron chi connectivity index (χ0n) is 10.7. The zero-order valence-corrected chi connectivity index (χ0v) is 10.7. The van der Waals surface area contributed by atoms with Crippen LogP contribution in [0, 0.1) is 0 Å². The van der Waals surface area contributed by atoms with Gasteiger partial charge in [-0.05, 0) is 49.6 Å². The number of fused-ring (bicyclic) bond motifs is 1. The Balaban J connectivity index is 2.10. The quantitative estimate of drug-likeness (QED) is 0.794. The molecule has 0 aromatic heterocycles. The maximum atomic E-state index is 5.65. The summed E-state index contributed by atoms with van der Waals surface area (Å²) in [4.78, 5) is 0. The van der Waals surface area contributed by atoms with E-state index in [2.05, 4.69) is 23.5 Å². The second-order valence-electron chi connectivity index (χ2n) is 4.44. The monoisotopic (exact) mass is 235 g/mol. The van der Waals surface area contributed by atoms with Crippen LogP contribution in [0.5, 0.6) is 5.75 Å². The smallest absolute Gasteiger partial charge is 0.119 e. The first-order valence-electron chi connectivity index (χ1n) is 6.27. The van der Waals surface area contributed by atoms with Gasteiger partial charge in [0.15, 0.2) is 0 Å². The zero-order chi connectivity index (χ0) is 12.1. The molecule has 1 aromatic rings. The van der Waals surface area contributed by atoms with Crippen molar-refractivity contribution in [2.45, 2.75) is 25.3 Å². The lowest BCUT2D eigenvalue weighted by atomic mass is 9.87. The van der Waals surface area contributed by atoms with Crippen molar-refractivity contribution in [3.05, 3.63) is 29.3 Å². The summed E-state index contributed by atoms with van der Waals surface area (Å²) in [6, 6.07) is 6.91. The predicted molar refractivity (Wildman–Crippen MR) is 68.6 cm³/mol. The highest BCUT2D eigenvalue weighted by molar-refractivity contribution is 5.39. The van der Waals surface area contributed by atoms with Crippen LogP contribution in [-0.4, -0.2) is 27.4 Å². The summed E-state index contributed by atoms with van der Waals surface area (Å²) in [6.07, 6.45) is 3.67. The third-order valence-corrected chi connectivity index (χ3v) is 3.34. The minimum absolute atomic E-state index is 0.477. The lowest BCUT2D eigenvalue weighted by Crippen LogP contribution is -2.21. The van der Waals surface area contributed by atoms with Crippen LogP contribution in [0.25, 0.3) is 0 Å². The molecule has 94 valence electrons. The molecule has 3 nitrogen and oxygen atoms in total. The molecule has 0 saturated carbocycles. The van der Waals surface area contributed by atoms with Crippen LogP contribution in [0.2, 0.25) is 0 Å². The van der Waals surface area contributed by atoms with Gasteiger partial charge < -0.3 is 14.8 Å². The Morgan fingerprint density at radius 3 is 3.00 bits per heavy atom. The van der Waals surface area contributed by atoms with Crippen molar-refractivity contribution in [3.63, 3.8) is 0 Å². The van der Waals surface area contributed by atoms with Crippen LogP contribution in [0.3, 0.4) is 0 Å². The summed E-state index contributed by atoms with van der Waals surface area (Å²) in [5.74, 6) is 0.947. The summed E-state index contributed by atoms with van der Waals surface area (Å²) in [5, 5.41) is 3.37. The second kappa shape index (κ2) is 6.03. The second-order valence-corrected chi connectivity index (χ2v) is 4.44. The molecule has 1 N–H and O–H groups in total. The average Bonchev–Trinajstić information content (AvgIpc) is 2.38. The Morgan fingerprint density at radius 1 is 1.35 bits per heavy atom. The van der Waals surface area contributed by atoms with Crippen molar-refractivity contribution in [2.75, 3.05) is 27.4 Å². The Morgan fingerprint density at radius 2 is 2.24 bits per heavy atom. The Hall–Kier alpha value is -1.06. The Labute approximate surface area is 103 Å². The third-order valence-electron chi connectivity index (χ3n) is 3.34. The van der Waals surface area contributed by atoms with E-state index in [9.17, 15) is 0 Å². The molecule has 0 amide bonds. The molecule has 0 spiro atoms. The van der Waals surface area contributed by atoms with Crippen LogP contribution in [0.4, 0.5) is 0 Å². The largest absolute Gasteiger partial charge is 0.491 e. The van der Waals surface area contributed by atoms with E-state index in [0.29, 0.717) is 19.3 Å². The molecule has 1 atom stereocenters. The normalized spacial score (nSPS) is 18.8. The van der Waals surface area contributed by atoms with Crippen LogP contribution in [-0.2, 0) is 11.2 Å². The minimum atomic E-state index is 0.477. The van der Waals surface area contributed by atoms with Crippen LogP contribution in [0.15, 0.2) is 18.2 Å². The third kappa shape index (κ3) is 2.99. The first-order chi connectivity index (χ1) is 8.35. The molecule has 3 heteroatoms. The highest BCUT2D eigenvalue weighted by Crippen LogP contribution is 2.32. The molecule has 0 saturated heterocycles. The van der Waals surface area contributed by atoms with Crippen LogP contribution < -0.4 is 10.1 Å². The maximum Gasteiger partial charge on any atom is 0.119 e. The fourth-order valence-electron chi connectivity index (χ4n) is 2.41. The number of rotatable bonds is 5. The van der Waals surface area contributed by atoms with E-state index in [-0.39, 0.29) is 0 Å². The van der Waals surface area contributed by atoms with E-state index >= 15 is 0 Å². The topological polar surface area (TPSA) is 30.5 Å². The molecular weight excluding hydrogens is 214 g/mol. The average molecular weight is 235 g/mol. The first-order valence-corrected chi connectivity index (χ1v) is 6.27. The molecule has 0 aliphatic heterocycles. The molecule has 0 fully saturated rings. The molecular formula is C14H21NO2. The lowest BCUT2D eigenvalue weighted by Gasteiger charge is -2.25. The number of aryl methyl sites for hydroxylation is 1. The van der Waals surface area contributed by atoms with E-state index in [1.54, 1.807) is 7.11 Å². The molecule has 1 unspecified atom stereocenters. The van der Waals surface area contributed by atoms with Crippen LogP contribution >= 0.6 is 0 Å². The summed E-state index contributed by atoms with van der Waals surface area (Å²) in [5.41, 5.74) is 2.85. The number of nitrogens with one attached hydrogen (secondary N) is 1. The molecule has 0 bridgehead atoms. The standard InChI is InChI=1S/C14H21NO2/c1-15-14-5-3-4-11-6-7-12(10-13(11)14)17-9-8-16-2/h6-7,10,14-15H,3-5,8-9H2,1-2H3. The van der Waals surface area contributed by atoms with Gasteiger partial charge in [-0.3, -0.25) is 0 Å². The lowest BCUT2D eigenvalue weighted by molar-refractivity contribution is 0.146. The van der Waals surface area contributed by atoms with Gasteiger partial charge in [0, 0.05) is 13.2 Å². The summed E-state index contributed by atoms with van der Waals surface area (Å²) < 4.78 is 10.6. The van der Waals surface area contributed by atoms with Gasteiger partial charge in [0.25, 0.3) is 0 Å². The molecule has 17 heavy (non-hydrogen) atoms. The highest BCUT2D eigenvalue weighted by Gasteiger charge is 2.18. The maximum absolute atomic E-state index is 5.65. The molecule has 1 aliphatic rings. The first kappa shape index (κ1) is 12.4. The number of hydrogen-bond donors (Lipinski definition) is 1. The predicted octanol–water partition coefficient (Wildman–Crippen LogP) is 2.31. The van der Waals surface area contributed by atoms with Gasteiger partial charge >= 0.3 is 0 Å². The van der Waals surface area contributed by atoms with Gasteiger partial charge in [0.2, 0.25) is 0 Å². The Bertz CT molecular complexity index is 365. The fraction of sp³-hybridized carbons (Fsp3) is 0.571. The van der Waals surface area contributed by atoms with E-state index in [4.69, 9.17) is 9.47 Å². The van der Waals surface area contributed by atoms with Crippen molar-refractivity contribution in [2.24, 2.45) is 0 Å². The van der Waals surface area contributed by atoms with Crippen molar-refractivity contribution in [3.8, 4) is 5.75 Å². The van der Waals surface area contributed by atoms with Gasteiger partial charge in [0.05, 0.1) is 6.61 Å². The van der Waals surface area contributed by atoms with E-state index in [1.165, 1.54) is 30.4 Å². The van der Waals surface area contributed by atoms with Gasteiger partial charge in [0.1, 0.15) is 12.4 Å².